The minimum Gasteiger partial charge on any atom is -0.545 e. The molecule has 1 aromatic heterocycles. The Labute approximate surface area is 152 Å². The fourth-order valence-corrected chi connectivity index (χ4v) is 3.06. The number of thioether (sulfide) groups is 1. The van der Waals surface area contributed by atoms with Crippen molar-refractivity contribution < 1.29 is 14.7 Å². The molecule has 25 heavy (non-hydrogen) atoms. The second kappa shape index (κ2) is 8.17. The third kappa shape index (κ3) is 4.83. The number of aromatic carboxylic acids is 1. The number of nitrogens with zero attached hydrogens (tertiary/aromatic N) is 1. The van der Waals surface area contributed by atoms with Gasteiger partial charge in [0, 0.05) is 27.5 Å². The SMILES string of the molecule is CCc1c(C)nc(SCC(=O)Nc2ccc(Cl)c(C(=O)[O-])c2)[nH]c1=O. The third-order valence-electron chi connectivity index (χ3n) is 3.36. The van der Waals surface area contributed by atoms with Gasteiger partial charge in [-0.05, 0) is 31.5 Å². The number of carbonyl (C=O) groups excluding carboxylic acids is 2. The molecule has 2 aromatic rings. The van der Waals surface area contributed by atoms with Crippen molar-refractivity contribution in [3.8, 4) is 0 Å². The fraction of sp³-hybridized carbons (Fsp3) is 0.250. The lowest BCUT2D eigenvalue weighted by atomic mass is 10.2. The minimum absolute atomic E-state index is 0.00284. The number of nitrogens with one attached hydrogen (secondary N) is 2. The number of aromatic amines is 1. The highest BCUT2D eigenvalue weighted by Crippen LogP contribution is 2.20. The van der Waals surface area contributed by atoms with Gasteiger partial charge >= 0.3 is 0 Å². The van der Waals surface area contributed by atoms with Crippen LogP contribution < -0.4 is 16.0 Å². The number of benzene rings is 1. The molecule has 1 heterocycles. The highest BCUT2D eigenvalue weighted by molar-refractivity contribution is 7.99. The zero-order valence-electron chi connectivity index (χ0n) is 13.5. The summed E-state index contributed by atoms with van der Waals surface area (Å²) < 4.78 is 0. The van der Waals surface area contributed by atoms with Crippen molar-refractivity contribution in [3.05, 3.63) is 50.4 Å². The number of hydrogen-bond acceptors (Lipinski definition) is 6. The highest BCUT2D eigenvalue weighted by Gasteiger charge is 2.10. The minimum atomic E-state index is -1.43. The van der Waals surface area contributed by atoms with Crippen molar-refractivity contribution in [2.45, 2.75) is 25.4 Å². The molecule has 1 aromatic carbocycles. The summed E-state index contributed by atoms with van der Waals surface area (Å²) in [6.45, 7) is 3.61. The molecule has 0 radical (unpaired) electrons. The van der Waals surface area contributed by atoms with Gasteiger partial charge in [-0.1, -0.05) is 30.3 Å². The van der Waals surface area contributed by atoms with Crippen LogP contribution in [0.5, 0.6) is 0 Å². The van der Waals surface area contributed by atoms with Crippen LogP contribution in [0.2, 0.25) is 5.02 Å². The lowest BCUT2D eigenvalue weighted by molar-refractivity contribution is -0.255. The smallest absolute Gasteiger partial charge is 0.254 e. The van der Waals surface area contributed by atoms with Crippen molar-refractivity contribution >= 4 is 40.9 Å². The van der Waals surface area contributed by atoms with E-state index in [2.05, 4.69) is 15.3 Å². The average molecular weight is 381 g/mol. The molecule has 0 saturated carbocycles. The summed E-state index contributed by atoms with van der Waals surface area (Å²) in [5.41, 5.74) is 1.11. The molecular formula is C16H15ClN3O4S-. The van der Waals surface area contributed by atoms with E-state index in [1.54, 1.807) is 6.92 Å². The van der Waals surface area contributed by atoms with Crippen molar-refractivity contribution in [2.24, 2.45) is 0 Å². The summed E-state index contributed by atoms with van der Waals surface area (Å²) in [6.07, 6.45) is 0.580. The Kier molecular flexibility index (Phi) is 6.22. The van der Waals surface area contributed by atoms with E-state index in [-0.39, 0.29) is 33.5 Å². The van der Waals surface area contributed by atoms with E-state index in [1.165, 1.54) is 18.2 Å². The van der Waals surface area contributed by atoms with Crippen molar-refractivity contribution in [1.82, 2.24) is 9.97 Å². The summed E-state index contributed by atoms with van der Waals surface area (Å²) in [6, 6.07) is 4.07. The molecule has 0 atom stereocenters. The molecule has 0 bridgehead atoms. The van der Waals surface area contributed by atoms with E-state index in [1.807, 2.05) is 6.92 Å². The van der Waals surface area contributed by atoms with Crippen LogP contribution >= 0.6 is 23.4 Å². The van der Waals surface area contributed by atoms with Crippen LogP contribution in [0.15, 0.2) is 28.2 Å². The van der Waals surface area contributed by atoms with Gasteiger partial charge in [0.25, 0.3) is 5.56 Å². The quantitative estimate of drug-likeness (QED) is 0.578. The first-order valence-electron chi connectivity index (χ1n) is 7.35. The first-order valence-corrected chi connectivity index (χ1v) is 8.71. The Balaban J connectivity index is 2.03. The lowest BCUT2D eigenvalue weighted by Gasteiger charge is -2.10. The van der Waals surface area contributed by atoms with Gasteiger partial charge in [0.05, 0.1) is 11.7 Å². The largest absolute Gasteiger partial charge is 0.545 e. The first-order chi connectivity index (χ1) is 11.8. The number of carboxylic acids is 1. The van der Waals surface area contributed by atoms with Crippen LogP contribution in [-0.4, -0.2) is 27.6 Å². The van der Waals surface area contributed by atoms with Gasteiger partial charge in [-0.2, -0.15) is 0 Å². The third-order valence-corrected chi connectivity index (χ3v) is 4.57. The summed E-state index contributed by atoms with van der Waals surface area (Å²) >= 11 is 6.82. The highest BCUT2D eigenvalue weighted by atomic mass is 35.5. The van der Waals surface area contributed by atoms with Crippen LogP contribution in [0, 0.1) is 6.92 Å². The molecule has 0 fully saturated rings. The van der Waals surface area contributed by atoms with Gasteiger partial charge < -0.3 is 20.2 Å². The number of carbonyl (C=O) groups is 2. The maximum Gasteiger partial charge on any atom is 0.254 e. The van der Waals surface area contributed by atoms with Gasteiger partial charge in [-0.25, -0.2) is 4.98 Å². The second-order valence-corrected chi connectivity index (χ2v) is 6.48. The maximum atomic E-state index is 12.0. The number of aromatic nitrogens is 2. The number of hydrogen-bond donors (Lipinski definition) is 2. The van der Waals surface area contributed by atoms with Crippen molar-refractivity contribution in [2.75, 3.05) is 11.1 Å². The van der Waals surface area contributed by atoms with E-state index in [9.17, 15) is 19.5 Å². The molecule has 9 heteroatoms. The Morgan fingerprint density at radius 2 is 2.12 bits per heavy atom. The van der Waals surface area contributed by atoms with E-state index < -0.39 is 5.97 Å². The van der Waals surface area contributed by atoms with E-state index >= 15 is 0 Å². The number of anilines is 1. The molecule has 0 aliphatic rings. The van der Waals surface area contributed by atoms with Gasteiger partial charge in [0.1, 0.15) is 0 Å². The first kappa shape index (κ1) is 19.0. The Bertz CT molecular complexity index is 882. The van der Waals surface area contributed by atoms with Crippen LogP contribution in [0.3, 0.4) is 0 Å². The number of H-pyrrole nitrogens is 1. The fourth-order valence-electron chi connectivity index (χ4n) is 2.16. The number of halogens is 1. The zero-order valence-corrected chi connectivity index (χ0v) is 15.1. The zero-order chi connectivity index (χ0) is 18.6. The van der Waals surface area contributed by atoms with Gasteiger partial charge in [0.15, 0.2) is 5.16 Å². The van der Waals surface area contributed by atoms with Crippen LogP contribution in [0.4, 0.5) is 5.69 Å². The van der Waals surface area contributed by atoms with Gasteiger partial charge in [-0.3, -0.25) is 9.59 Å². The molecule has 1 amide bonds. The van der Waals surface area contributed by atoms with Crippen molar-refractivity contribution in [3.63, 3.8) is 0 Å². The number of amides is 1. The van der Waals surface area contributed by atoms with E-state index in [0.29, 0.717) is 22.8 Å². The number of aryl methyl sites for hydroxylation is 1. The Morgan fingerprint density at radius 3 is 2.72 bits per heavy atom. The summed E-state index contributed by atoms with van der Waals surface area (Å²) in [5, 5.41) is 13.9. The van der Waals surface area contributed by atoms with E-state index in [4.69, 9.17) is 11.6 Å². The molecule has 0 aliphatic heterocycles. The topological polar surface area (TPSA) is 115 Å². The molecule has 0 aliphatic carbocycles. The molecule has 7 nitrogen and oxygen atoms in total. The predicted molar refractivity (Wildman–Crippen MR) is 94.1 cm³/mol. The molecule has 0 spiro atoms. The monoisotopic (exact) mass is 380 g/mol. The molecule has 2 N–H and O–H groups in total. The normalized spacial score (nSPS) is 10.5. The summed E-state index contributed by atoms with van der Waals surface area (Å²) in [7, 11) is 0. The summed E-state index contributed by atoms with van der Waals surface area (Å²) in [5.74, 6) is -1.81. The Morgan fingerprint density at radius 1 is 1.40 bits per heavy atom. The van der Waals surface area contributed by atoms with Crippen LogP contribution in [-0.2, 0) is 11.2 Å². The van der Waals surface area contributed by atoms with Crippen LogP contribution in [0.1, 0.15) is 28.5 Å². The second-order valence-electron chi connectivity index (χ2n) is 5.11. The molecule has 0 saturated heterocycles. The molecule has 2 rings (SSSR count). The van der Waals surface area contributed by atoms with Gasteiger partial charge in [0.2, 0.25) is 5.91 Å². The van der Waals surface area contributed by atoms with Gasteiger partial charge in [-0.15, -0.1) is 0 Å². The Hall–Kier alpha value is -2.32. The number of rotatable bonds is 6. The van der Waals surface area contributed by atoms with Crippen molar-refractivity contribution in [1.29, 1.82) is 0 Å². The predicted octanol–water partition coefficient (Wildman–Crippen LogP) is 1.39. The molecule has 132 valence electrons. The van der Waals surface area contributed by atoms with E-state index in [0.717, 1.165) is 11.8 Å². The van der Waals surface area contributed by atoms with Crippen LogP contribution in [0.25, 0.3) is 0 Å². The summed E-state index contributed by atoms with van der Waals surface area (Å²) in [4.78, 5) is 41.7. The maximum absolute atomic E-state index is 12.0. The lowest BCUT2D eigenvalue weighted by Crippen LogP contribution is -2.23. The standard InChI is InChI=1S/C16H16ClN3O4S/c1-3-10-8(2)18-16(20-14(10)22)25-7-13(21)19-9-4-5-12(17)11(6-9)15(23)24/h4-6H,3,7H2,1-2H3,(H,19,21)(H,23,24)(H,18,20,22)/p-1. The molecule has 0 unspecified atom stereocenters. The number of carboxylic acid groups (broad SMARTS) is 1. The molecular weight excluding hydrogens is 366 g/mol. The average Bonchev–Trinajstić information content (AvgIpc) is 2.54.